The van der Waals surface area contributed by atoms with E-state index in [1.165, 1.54) is 25.7 Å². The van der Waals surface area contributed by atoms with Crippen LogP contribution in [0.2, 0.25) is 0 Å². The fourth-order valence-electron chi connectivity index (χ4n) is 3.53. The predicted molar refractivity (Wildman–Crippen MR) is 63.3 cm³/mol. The zero-order chi connectivity index (χ0) is 11.7. The Balaban J connectivity index is 1.94. The van der Waals surface area contributed by atoms with Crippen molar-refractivity contribution in [3.8, 4) is 0 Å². The van der Waals surface area contributed by atoms with Crippen molar-refractivity contribution in [2.75, 3.05) is 6.54 Å². The van der Waals surface area contributed by atoms with Crippen molar-refractivity contribution in [3.63, 3.8) is 0 Å². The average Bonchev–Trinajstić information content (AvgIpc) is 2.83. The van der Waals surface area contributed by atoms with Crippen LogP contribution in [0.25, 0.3) is 0 Å². The smallest absolute Gasteiger partial charge is 0.308 e. The van der Waals surface area contributed by atoms with Gasteiger partial charge in [0.1, 0.15) is 0 Å². The molecule has 0 aromatic carbocycles. The molecule has 2 aliphatic rings. The van der Waals surface area contributed by atoms with Crippen LogP contribution in [-0.2, 0) is 4.79 Å². The SMILES string of the molecule is CCC1CCC(N2CCC(C(=O)O)C2C)C1. The average molecular weight is 225 g/mol. The van der Waals surface area contributed by atoms with E-state index in [9.17, 15) is 4.79 Å². The number of carbonyl (C=O) groups is 1. The highest BCUT2D eigenvalue weighted by Gasteiger charge is 2.40. The molecule has 1 N–H and O–H groups in total. The van der Waals surface area contributed by atoms with Gasteiger partial charge in [-0.3, -0.25) is 9.69 Å². The highest BCUT2D eigenvalue weighted by atomic mass is 16.4. The van der Waals surface area contributed by atoms with Crippen molar-refractivity contribution in [3.05, 3.63) is 0 Å². The normalized spacial score (nSPS) is 40.4. The van der Waals surface area contributed by atoms with E-state index in [1.807, 2.05) is 0 Å². The molecule has 2 rings (SSSR count). The molecule has 1 saturated carbocycles. The second kappa shape index (κ2) is 4.74. The quantitative estimate of drug-likeness (QED) is 0.801. The van der Waals surface area contributed by atoms with Crippen LogP contribution in [0, 0.1) is 11.8 Å². The molecular weight excluding hydrogens is 202 g/mol. The first-order valence-electron chi connectivity index (χ1n) is 6.62. The summed E-state index contributed by atoms with van der Waals surface area (Å²) < 4.78 is 0. The van der Waals surface area contributed by atoms with E-state index in [0.29, 0.717) is 6.04 Å². The number of hydrogen-bond donors (Lipinski definition) is 1. The third-order valence-corrected chi connectivity index (χ3v) is 4.68. The van der Waals surface area contributed by atoms with E-state index in [-0.39, 0.29) is 12.0 Å². The molecule has 1 aliphatic heterocycles. The largest absolute Gasteiger partial charge is 0.481 e. The van der Waals surface area contributed by atoms with E-state index in [2.05, 4.69) is 18.7 Å². The van der Waals surface area contributed by atoms with E-state index >= 15 is 0 Å². The summed E-state index contributed by atoms with van der Waals surface area (Å²) in [6.07, 6.45) is 6.01. The number of rotatable bonds is 3. The fraction of sp³-hybridized carbons (Fsp3) is 0.923. The van der Waals surface area contributed by atoms with Gasteiger partial charge in [0.05, 0.1) is 5.92 Å². The molecule has 3 nitrogen and oxygen atoms in total. The molecule has 92 valence electrons. The molecule has 0 aromatic heterocycles. The molecule has 0 spiro atoms. The summed E-state index contributed by atoms with van der Waals surface area (Å²) in [4.78, 5) is 13.5. The maximum Gasteiger partial charge on any atom is 0.308 e. The second-order valence-electron chi connectivity index (χ2n) is 5.45. The summed E-state index contributed by atoms with van der Waals surface area (Å²) in [5.41, 5.74) is 0. The molecule has 1 aliphatic carbocycles. The maximum absolute atomic E-state index is 11.1. The maximum atomic E-state index is 11.1. The van der Waals surface area contributed by atoms with Crippen molar-refractivity contribution < 1.29 is 9.90 Å². The van der Waals surface area contributed by atoms with Gasteiger partial charge >= 0.3 is 5.97 Å². The van der Waals surface area contributed by atoms with Crippen LogP contribution < -0.4 is 0 Å². The first-order valence-corrected chi connectivity index (χ1v) is 6.62. The molecule has 0 bridgehead atoms. The molecular formula is C13H23NO2. The number of carboxylic acids is 1. The van der Waals surface area contributed by atoms with E-state index in [4.69, 9.17) is 5.11 Å². The number of nitrogens with zero attached hydrogens (tertiary/aromatic N) is 1. The molecule has 0 radical (unpaired) electrons. The lowest BCUT2D eigenvalue weighted by atomic mass is 10.0. The summed E-state index contributed by atoms with van der Waals surface area (Å²) >= 11 is 0. The Morgan fingerprint density at radius 2 is 2.12 bits per heavy atom. The van der Waals surface area contributed by atoms with Gasteiger partial charge in [0.15, 0.2) is 0 Å². The first-order chi connectivity index (χ1) is 7.63. The van der Waals surface area contributed by atoms with Crippen molar-refractivity contribution in [2.24, 2.45) is 11.8 Å². The van der Waals surface area contributed by atoms with Gasteiger partial charge in [0.25, 0.3) is 0 Å². The van der Waals surface area contributed by atoms with Crippen molar-refractivity contribution in [1.82, 2.24) is 4.90 Å². The molecule has 2 fully saturated rings. The van der Waals surface area contributed by atoms with Crippen LogP contribution >= 0.6 is 0 Å². The molecule has 0 amide bonds. The molecule has 4 atom stereocenters. The summed E-state index contributed by atoms with van der Waals surface area (Å²) in [5.74, 6) is 0.127. The van der Waals surface area contributed by atoms with Gasteiger partial charge in [0.2, 0.25) is 0 Å². The molecule has 1 heterocycles. The summed E-state index contributed by atoms with van der Waals surface area (Å²) in [5, 5.41) is 9.12. The van der Waals surface area contributed by atoms with Crippen LogP contribution in [0.3, 0.4) is 0 Å². The van der Waals surface area contributed by atoms with Crippen LogP contribution in [0.15, 0.2) is 0 Å². The molecule has 16 heavy (non-hydrogen) atoms. The van der Waals surface area contributed by atoms with Crippen LogP contribution in [0.5, 0.6) is 0 Å². The van der Waals surface area contributed by atoms with Crippen molar-refractivity contribution >= 4 is 5.97 Å². The van der Waals surface area contributed by atoms with E-state index < -0.39 is 5.97 Å². The number of carboxylic acid groups (broad SMARTS) is 1. The lowest BCUT2D eigenvalue weighted by Gasteiger charge is -2.29. The highest BCUT2D eigenvalue weighted by molar-refractivity contribution is 5.71. The Hall–Kier alpha value is -0.570. The van der Waals surface area contributed by atoms with E-state index in [0.717, 1.165) is 18.9 Å². The Labute approximate surface area is 97.8 Å². The number of aliphatic carboxylic acids is 1. The standard InChI is InChI=1S/C13H23NO2/c1-3-10-4-5-11(8-10)14-7-6-12(9(14)2)13(15)16/h9-12H,3-8H2,1-2H3,(H,15,16). The van der Waals surface area contributed by atoms with Crippen molar-refractivity contribution in [1.29, 1.82) is 0 Å². The lowest BCUT2D eigenvalue weighted by molar-refractivity contribution is -0.142. The topological polar surface area (TPSA) is 40.5 Å². The third kappa shape index (κ3) is 2.10. The molecule has 3 heteroatoms. The summed E-state index contributed by atoms with van der Waals surface area (Å²) in [7, 11) is 0. The van der Waals surface area contributed by atoms with Gasteiger partial charge in [-0.15, -0.1) is 0 Å². The zero-order valence-electron chi connectivity index (χ0n) is 10.4. The van der Waals surface area contributed by atoms with Crippen LogP contribution in [-0.4, -0.2) is 34.6 Å². The minimum atomic E-state index is -0.611. The van der Waals surface area contributed by atoms with E-state index in [1.54, 1.807) is 0 Å². The molecule has 0 aromatic rings. The molecule has 1 saturated heterocycles. The Kier molecular flexibility index (Phi) is 3.53. The summed E-state index contributed by atoms with van der Waals surface area (Å²) in [6.45, 7) is 5.34. The first kappa shape index (κ1) is 11.9. The van der Waals surface area contributed by atoms with Gasteiger partial charge in [-0.25, -0.2) is 0 Å². The zero-order valence-corrected chi connectivity index (χ0v) is 10.4. The van der Waals surface area contributed by atoms with Gasteiger partial charge in [-0.2, -0.15) is 0 Å². The van der Waals surface area contributed by atoms with Gasteiger partial charge < -0.3 is 5.11 Å². The Bertz CT molecular complexity index is 267. The monoisotopic (exact) mass is 225 g/mol. The Morgan fingerprint density at radius 1 is 1.38 bits per heavy atom. The third-order valence-electron chi connectivity index (χ3n) is 4.68. The van der Waals surface area contributed by atoms with Crippen LogP contribution in [0.1, 0.15) is 46.0 Å². The van der Waals surface area contributed by atoms with Crippen molar-refractivity contribution in [2.45, 2.75) is 58.0 Å². The van der Waals surface area contributed by atoms with Gasteiger partial charge in [-0.1, -0.05) is 13.3 Å². The Morgan fingerprint density at radius 3 is 2.62 bits per heavy atom. The second-order valence-corrected chi connectivity index (χ2v) is 5.45. The molecule has 4 unspecified atom stereocenters. The predicted octanol–water partition coefficient (Wildman–Crippen LogP) is 2.36. The van der Waals surface area contributed by atoms with Gasteiger partial charge in [0, 0.05) is 12.1 Å². The fourth-order valence-corrected chi connectivity index (χ4v) is 3.53. The number of hydrogen-bond acceptors (Lipinski definition) is 2. The lowest BCUT2D eigenvalue weighted by Crippen LogP contribution is -2.39. The van der Waals surface area contributed by atoms with Gasteiger partial charge in [-0.05, 0) is 45.1 Å². The van der Waals surface area contributed by atoms with Crippen LogP contribution in [0.4, 0.5) is 0 Å². The minimum Gasteiger partial charge on any atom is -0.481 e. The highest BCUT2D eigenvalue weighted by Crippen LogP contribution is 2.36. The number of likely N-dealkylation sites (tertiary alicyclic amines) is 1. The summed E-state index contributed by atoms with van der Waals surface area (Å²) in [6, 6.07) is 0.891. The minimum absolute atomic E-state index is 0.138.